The van der Waals surface area contributed by atoms with Crippen LogP contribution in [0.4, 0.5) is 4.39 Å². The number of carbonyl (C=O) groups is 1. The lowest BCUT2D eigenvalue weighted by atomic mass is 9.92. The molecule has 1 aromatic heterocycles. The SMILES string of the molecule is C=Cc1c(C)cncc1C.C=Cc1cc2c(c(C)c1/C=C(\C)C1CC1)CC(C)C2.C=O.CCC(C)(C)F.CCCC.CN. The molecule has 3 nitrogen and oxygen atoms in total. The first kappa shape index (κ1) is 42.3. The zero-order valence-corrected chi connectivity index (χ0v) is 29.5. The van der Waals surface area contributed by atoms with Gasteiger partial charge in [0.15, 0.2) is 0 Å². The Bertz CT molecular complexity index is 1100. The fourth-order valence-electron chi connectivity index (χ4n) is 4.51. The Morgan fingerprint density at radius 1 is 0.977 bits per heavy atom. The maximum atomic E-state index is 12.1. The van der Waals surface area contributed by atoms with E-state index in [0.717, 1.165) is 11.8 Å². The van der Waals surface area contributed by atoms with Crippen LogP contribution in [0.15, 0.2) is 37.2 Å². The first-order valence-electron chi connectivity index (χ1n) is 15.9. The van der Waals surface area contributed by atoms with Crippen molar-refractivity contribution in [1.82, 2.24) is 4.98 Å². The van der Waals surface area contributed by atoms with Gasteiger partial charge in [-0.1, -0.05) is 83.6 Å². The Morgan fingerprint density at radius 2 is 1.47 bits per heavy atom. The summed E-state index contributed by atoms with van der Waals surface area (Å²) in [7, 11) is 1.50. The molecule has 0 bridgehead atoms. The van der Waals surface area contributed by atoms with Gasteiger partial charge < -0.3 is 10.5 Å². The second-order valence-corrected chi connectivity index (χ2v) is 12.0. The third-order valence-electron chi connectivity index (χ3n) is 7.75. The summed E-state index contributed by atoms with van der Waals surface area (Å²) in [6.45, 7) is 30.1. The molecule has 0 amide bonds. The molecule has 2 aliphatic rings. The van der Waals surface area contributed by atoms with Crippen molar-refractivity contribution in [2.75, 3.05) is 7.05 Å². The van der Waals surface area contributed by atoms with E-state index in [4.69, 9.17) is 4.79 Å². The first-order valence-corrected chi connectivity index (χ1v) is 15.9. The topological polar surface area (TPSA) is 56.0 Å². The lowest BCUT2D eigenvalue weighted by Gasteiger charge is -2.13. The van der Waals surface area contributed by atoms with Crippen LogP contribution in [0.1, 0.15) is 125 Å². The Labute approximate surface area is 265 Å². The van der Waals surface area contributed by atoms with Crippen molar-refractivity contribution in [1.29, 1.82) is 0 Å². The van der Waals surface area contributed by atoms with Gasteiger partial charge in [0.25, 0.3) is 0 Å². The number of hydrogen-bond acceptors (Lipinski definition) is 3. The number of hydrogen-bond donors (Lipinski definition) is 1. The van der Waals surface area contributed by atoms with E-state index in [0.29, 0.717) is 6.42 Å². The number of unbranched alkanes of at least 4 members (excludes halogenated alkanes) is 1. The van der Waals surface area contributed by atoms with Gasteiger partial charge in [0.05, 0.1) is 0 Å². The van der Waals surface area contributed by atoms with E-state index in [2.05, 4.69) is 70.6 Å². The second-order valence-electron chi connectivity index (χ2n) is 12.0. The van der Waals surface area contributed by atoms with Gasteiger partial charge in [-0.05, 0) is 137 Å². The smallest absolute Gasteiger partial charge is 0.106 e. The van der Waals surface area contributed by atoms with Gasteiger partial charge in [-0.2, -0.15) is 0 Å². The van der Waals surface area contributed by atoms with Gasteiger partial charge in [-0.3, -0.25) is 4.98 Å². The van der Waals surface area contributed by atoms with E-state index < -0.39 is 5.67 Å². The van der Waals surface area contributed by atoms with E-state index in [1.807, 2.05) is 52.1 Å². The normalized spacial score (nSPS) is 14.7. The Hall–Kier alpha value is -2.85. The minimum atomic E-state index is -0.958. The molecule has 4 rings (SSSR count). The molecule has 2 N–H and O–H groups in total. The van der Waals surface area contributed by atoms with Crippen molar-refractivity contribution in [2.45, 2.75) is 120 Å². The average Bonchev–Trinajstić information content (AvgIpc) is 3.78. The van der Waals surface area contributed by atoms with Gasteiger partial charge in [0.2, 0.25) is 0 Å². The zero-order valence-electron chi connectivity index (χ0n) is 29.5. The molecule has 0 radical (unpaired) electrons. The molecular weight excluding hydrogens is 531 g/mol. The van der Waals surface area contributed by atoms with E-state index in [-0.39, 0.29) is 0 Å². The van der Waals surface area contributed by atoms with E-state index in [1.165, 1.54) is 79.0 Å². The van der Waals surface area contributed by atoms with Crippen LogP contribution in [0.5, 0.6) is 0 Å². The van der Waals surface area contributed by atoms with Crippen LogP contribution in [0.25, 0.3) is 18.2 Å². The fraction of sp³-hybridized carbons (Fsp3) is 0.538. The van der Waals surface area contributed by atoms with Gasteiger partial charge in [-0.15, -0.1) is 0 Å². The van der Waals surface area contributed by atoms with Crippen LogP contribution in [-0.4, -0.2) is 24.5 Å². The van der Waals surface area contributed by atoms with Crippen molar-refractivity contribution < 1.29 is 9.18 Å². The van der Waals surface area contributed by atoms with Crippen LogP contribution in [-0.2, 0) is 17.6 Å². The molecular formula is C39H63FN2O. The molecule has 242 valence electrons. The molecule has 1 heterocycles. The number of carbonyl (C=O) groups excluding carboxylic acids is 1. The molecule has 1 fully saturated rings. The molecule has 1 saturated carbocycles. The van der Waals surface area contributed by atoms with Gasteiger partial charge in [0, 0.05) is 12.4 Å². The number of rotatable bonds is 6. The van der Waals surface area contributed by atoms with E-state index in [1.54, 1.807) is 30.5 Å². The molecule has 0 aliphatic heterocycles. The van der Waals surface area contributed by atoms with Crippen molar-refractivity contribution in [2.24, 2.45) is 17.6 Å². The maximum absolute atomic E-state index is 12.1. The summed E-state index contributed by atoms with van der Waals surface area (Å²) in [4.78, 5) is 12.0. The first-order chi connectivity index (χ1) is 20.3. The van der Waals surface area contributed by atoms with Crippen LogP contribution in [0.2, 0.25) is 0 Å². The van der Waals surface area contributed by atoms with Crippen molar-refractivity contribution in [3.63, 3.8) is 0 Å². The number of aryl methyl sites for hydroxylation is 2. The molecule has 0 spiro atoms. The molecule has 1 unspecified atom stereocenters. The molecule has 1 aromatic carbocycles. The highest BCUT2D eigenvalue weighted by Crippen LogP contribution is 2.39. The van der Waals surface area contributed by atoms with Crippen LogP contribution in [0.3, 0.4) is 0 Å². The lowest BCUT2D eigenvalue weighted by molar-refractivity contribution is -0.0980. The molecule has 1 atom stereocenters. The summed E-state index contributed by atoms with van der Waals surface area (Å²) in [5.74, 6) is 1.65. The van der Waals surface area contributed by atoms with Crippen LogP contribution < -0.4 is 5.73 Å². The second kappa shape index (κ2) is 22.7. The number of allylic oxidation sites excluding steroid dienone is 1. The summed E-state index contributed by atoms with van der Waals surface area (Å²) in [6, 6.07) is 2.38. The fourth-order valence-corrected chi connectivity index (χ4v) is 4.51. The monoisotopic (exact) mass is 594 g/mol. The number of alkyl halides is 1. The van der Waals surface area contributed by atoms with E-state index >= 15 is 0 Å². The quantitative estimate of drug-likeness (QED) is 0.362. The third-order valence-corrected chi connectivity index (χ3v) is 7.75. The predicted octanol–water partition coefficient (Wildman–Crippen LogP) is 10.9. The minimum absolute atomic E-state index is 0.604. The predicted molar refractivity (Wildman–Crippen MR) is 191 cm³/mol. The number of nitrogens with two attached hydrogens (primary N) is 1. The highest BCUT2D eigenvalue weighted by atomic mass is 19.1. The number of fused-ring (bicyclic) bond motifs is 1. The number of pyridine rings is 1. The largest absolute Gasteiger partial charge is 0.333 e. The van der Waals surface area contributed by atoms with Crippen LogP contribution >= 0.6 is 0 Å². The Morgan fingerprint density at radius 3 is 1.81 bits per heavy atom. The number of benzene rings is 1. The standard InChI is InChI=1S/C19H24.C9H11N.C5H11F.C4H10.CH5N.CH2O/c1-5-15-11-17-8-12(2)9-18(17)14(4)19(15)10-13(3)16-6-7-16;1-4-9-7(2)5-10-6-8(9)3;1-4-5(2,3)6;1-3-4-2;2*1-2/h5,10-12,16H,1,6-9H2,2-4H3;4-6H,1H2,2-3H3;4H2,1-3H3;3-4H2,1-2H3;2H2,1H3;1H2/b13-10+;;;;;. The molecule has 43 heavy (non-hydrogen) atoms. The van der Waals surface area contributed by atoms with Crippen molar-refractivity contribution >= 4 is 25.0 Å². The molecule has 2 aliphatic carbocycles. The molecule has 4 heteroatoms. The third kappa shape index (κ3) is 16.0. The molecule has 0 saturated heterocycles. The van der Waals surface area contributed by atoms with E-state index in [9.17, 15) is 4.39 Å². The summed E-state index contributed by atoms with van der Waals surface area (Å²) in [5, 5.41) is 0. The summed E-state index contributed by atoms with van der Waals surface area (Å²) in [6.07, 6.45) is 18.5. The average molecular weight is 595 g/mol. The molecule has 2 aromatic rings. The summed E-state index contributed by atoms with van der Waals surface area (Å²) < 4.78 is 12.1. The highest BCUT2D eigenvalue weighted by Gasteiger charge is 2.25. The number of nitrogens with zero attached hydrogens (tertiary/aromatic N) is 1. The lowest BCUT2D eigenvalue weighted by Crippen LogP contribution is -2.07. The van der Waals surface area contributed by atoms with Crippen LogP contribution in [0, 0.1) is 32.6 Å². The number of halogens is 1. The Balaban J connectivity index is 0. The van der Waals surface area contributed by atoms with Crippen molar-refractivity contribution in [3.8, 4) is 0 Å². The minimum Gasteiger partial charge on any atom is -0.333 e. The zero-order chi connectivity index (χ0) is 33.8. The van der Waals surface area contributed by atoms with Gasteiger partial charge in [-0.25, -0.2) is 4.39 Å². The highest BCUT2D eigenvalue weighted by molar-refractivity contribution is 5.71. The summed E-state index contributed by atoms with van der Waals surface area (Å²) in [5.41, 5.74) is 16.1. The number of aromatic nitrogens is 1. The van der Waals surface area contributed by atoms with Crippen molar-refractivity contribution in [3.05, 3.63) is 81.7 Å². The summed E-state index contributed by atoms with van der Waals surface area (Å²) >= 11 is 0. The van der Waals surface area contributed by atoms with Gasteiger partial charge in [0.1, 0.15) is 12.5 Å². The van der Waals surface area contributed by atoms with Gasteiger partial charge >= 0.3 is 0 Å². The Kier molecular flexibility index (Phi) is 22.3. The maximum Gasteiger partial charge on any atom is 0.106 e.